The third-order valence-electron chi connectivity index (χ3n) is 5.46. The third kappa shape index (κ3) is 3.15. The molecule has 4 heteroatoms. The SMILES string of the molecule is Cc1ncc(-c2ccc(-c3ccc(-c4cnc(C(C)C)n4C)cc3)cc2)n1C. The molecule has 4 aromatic rings. The molecule has 0 aliphatic heterocycles. The molecule has 0 unspecified atom stereocenters. The second-order valence-electron chi connectivity index (χ2n) is 7.62. The molecule has 142 valence electrons. The summed E-state index contributed by atoms with van der Waals surface area (Å²) in [7, 11) is 4.14. The van der Waals surface area contributed by atoms with E-state index in [1.807, 2.05) is 26.4 Å². The van der Waals surface area contributed by atoms with Crippen LogP contribution >= 0.6 is 0 Å². The minimum Gasteiger partial charge on any atom is -0.331 e. The first-order valence-corrected chi connectivity index (χ1v) is 9.67. The van der Waals surface area contributed by atoms with Crippen molar-refractivity contribution in [2.24, 2.45) is 14.1 Å². The van der Waals surface area contributed by atoms with E-state index in [-0.39, 0.29) is 0 Å². The Morgan fingerprint density at radius 1 is 0.643 bits per heavy atom. The van der Waals surface area contributed by atoms with E-state index in [0.717, 1.165) is 23.0 Å². The summed E-state index contributed by atoms with van der Waals surface area (Å²) in [6.45, 7) is 6.36. The van der Waals surface area contributed by atoms with Crippen LogP contribution in [0.3, 0.4) is 0 Å². The standard InChI is InChI=1S/C24H26N4/c1-16(2)24-26-15-23(28(24)5)21-12-8-19(9-13-21)18-6-10-20(11-7-18)22-14-25-17(3)27(22)4/h6-16H,1-5H3. The van der Waals surface area contributed by atoms with E-state index >= 15 is 0 Å². The first-order valence-electron chi connectivity index (χ1n) is 9.67. The van der Waals surface area contributed by atoms with Crippen molar-refractivity contribution >= 4 is 0 Å². The number of benzene rings is 2. The molecule has 0 aliphatic carbocycles. The molecule has 0 amide bonds. The van der Waals surface area contributed by atoms with E-state index in [1.54, 1.807) is 0 Å². The molecule has 2 aromatic heterocycles. The number of nitrogens with zero attached hydrogens (tertiary/aromatic N) is 4. The second kappa shape index (κ2) is 7.12. The van der Waals surface area contributed by atoms with Gasteiger partial charge in [-0.2, -0.15) is 0 Å². The quantitative estimate of drug-likeness (QED) is 0.470. The maximum atomic E-state index is 4.58. The van der Waals surface area contributed by atoms with Gasteiger partial charge in [0.1, 0.15) is 11.6 Å². The van der Waals surface area contributed by atoms with Gasteiger partial charge in [-0.3, -0.25) is 0 Å². The molecule has 0 N–H and O–H groups in total. The van der Waals surface area contributed by atoms with Crippen LogP contribution in [0, 0.1) is 6.92 Å². The second-order valence-corrected chi connectivity index (χ2v) is 7.62. The molecule has 0 fully saturated rings. The number of imidazole rings is 2. The summed E-state index contributed by atoms with van der Waals surface area (Å²) in [5, 5.41) is 0. The molecular weight excluding hydrogens is 344 g/mol. The lowest BCUT2D eigenvalue weighted by Gasteiger charge is -2.10. The molecule has 2 aromatic carbocycles. The van der Waals surface area contributed by atoms with Crippen LogP contribution in [0.5, 0.6) is 0 Å². The van der Waals surface area contributed by atoms with Crippen LogP contribution in [0.25, 0.3) is 33.6 Å². The van der Waals surface area contributed by atoms with Gasteiger partial charge in [-0.25, -0.2) is 9.97 Å². The summed E-state index contributed by atoms with van der Waals surface area (Å²) >= 11 is 0. The van der Waals surface area contributed by atoms with Crippen LogP contribution in [0.4, 0.5) is 0 Å². The molecule has 0 spiro atoms. The van der Waals surface area contributed by atoms with E-state index in [1.165, 1.54) is 22.3 Å². The van der Waals surface area contributed by atoms with Crippen LogP contribution in [0.15, 0.2) is 60.9 Å². The van der Waals surface area contributed by atoms with Crippen LogP contribution in [0.2, 0.25) is 0 Å². The fourth-order valence-corrected chi connectivity index (χ4v) is 3.67. The van der Waals surface area contributed by atoms with Gasteiger partial charge in [0.2, 0.25) is 0 Å². The van der Waals surface area contributed by atoms with E-state index in [0.29, 0.717) is 5.92 Å². The Bertz CT molecular complexity index is 1100. The summed E-state index contributed by atoms with van der Waals surface area (Å²) in [6, 6.07) is 17.4. The molecule has 0 radical (unpaired) electrons. The lowest BCUT2D eigenvalue weighted by molar-refractivity contribution is 0.714. The van der Waals surface area contributed by atoms with E-state index in [9.17, 15) is 0 Å². The predicted octanol–water partition coefficient (Wildman–Crippen LogP) is 5.59. The summed E-state index contributed by atoms with van der Waals surface area (Å²) in [4.78, 5) is 8.96. The first-order chi connectivity index (χ1) is 13.5. The number of rotatable bonds is 4. The Morgan fingerprint density at radius 2 is 1.07 bits per heavy atom. The fraction of sp³-hybridized carbons (Fsp3) is 0.250. The lowest BCUT2D eigenvalue weighted by atomic mass is 10.0. The van der Waals surface area contributed by atoms with Crippen LogP contribution < -0.4 is 0 Å². The van der Waals surface area contributed by atoms with Crippen molar-refractivity contribution in [2.75, 3.05) is 0 Å². The van der Waals surface area contributed by atoms with Gasteiger partial charge in [-0.1, -0.05) is 62.4 Å². The fourth-order valence-electron chi connectivity index (χ4n) is 3.67. The first kappa shape index (κ1) is 18.2. The van der Waals surface area contributed by atoms with Crippen molar-refractivity contribution in [1.29, 1.82) is 0 Å². The van der Waals surface area contributed by atoms with Gasteiger partial charge >= 0.3 is 0 Å². The molecule has 4 rings (SSSR count). The molecule has 0 saturated carbocycles. The third-order valence-corrected chi connectivity index (χ3v) is 5.46. The van der Waals surface area contributed by atoms with Crippen molar-refractivity contribution in [2.45, 2.75) is 26.7 Å². The normalized spacial score (nSPS) is 11.4. The van der Waals surface area contributed by atoms with E-state index in [4.69, 9.17) is 0 Å². The van der Waals surface area contributed by atoms with Gasteiger partial charge in [-0.05, 0) is 29.2 Å². The number of hydrogen-bond acceptors (Lipinski definition) is 2. The van der Waals surface area contributed by atoms with Gasteiger partial charge in [0.25, 0.3) is 0 Å². The van der Waals surface area contributed by atoms with Crippen molar-refractivity contribution in [3.63, 3.8) is 0 Å². The summed E-state index contributed by atoms with van der Waals surface area (Å²) < 4.78 is 4.30. The summed E-state index contributed by atoms with van der Waals surface area (Å²) in [6.07, 6.45) is 3.90. The summed E-state index contributed by atoms with van der Waals surface area (Å²) in [5.74, 6) is 2.55. The van der Waals surface area contributed by atoms with Crippen molar-refractivity contribution < 1.29 is 0 Å². The molecule has 0 atom stereocenters. The number of aryl methyl sites for hydroxylation is 1. The van der Waals surface area contributed by atoms with E-state index < -0.39 is 0 Å². The highest BCUT2D eigenvalue weighted by molar-refractivity contribution is 5.71. The number of aromatic nitrogens is 4. The maximum Gasteiger partial charge on any atom is 0.111 e. The van der Waals surface area contributed by atoms with Gasteiger partial charge in [0.15, 0.2) is 0 Å². The Kier molecular flexibility index (Phi) is 4.63. The molecular formula is C24H26N4. The highest BCUT2D eigenvalue weighted by Crippen LogP contribution is 2.28. The Labute approximate surface area is 166 Å². The van der Waals surface area contributed by atoms with Gasteiger partial charge in [-0.15, -0.1) is 0 Å². The van der Waals surface area contributed by atoms with Crippen LogP contribution in [0.1, 0.15) is 31.4 Å². The highest BCUT2D eigenvalue weighted by Gasteiger charge is 2.11. The molecule has 4 nitrogen and oxygen atoms in total. The highest BCUT2D eigenvalue weighted by atomic mass is 15.1. The minimum absolute atomic E-state index is 0.416. The van der Waals surface area contributed by atoms with Gasteiger partial charge in [0.05, 0.1) is 23.8 Å². The van der Waals surface area contributed by atoms with Crippen molar-refractivity contribution in [3.05, 3.63) is 72.6 Å². The number of hydrogen-bond donors (Lipinski definition) is 0. The van der Waals surface area contributed by atoms with Crippen LogP contribution in [-0.2, 0) is 14.1 Å². The lowest BCUT2D eigenvalue weighted by Crippen LogP contribution is -2.01. The molecule has 2 heterocycles. The topological polar surface area (TPSA) is 35.6 Å². The maximum absolute atomic E-state index is 4.58. The summed E-state index contributed by atoms with van der Waals surface area (Å²) in [5.41, 5.74) is 7.07. The van der Waals surface area contributed by atoms with Gasteiger partial charge < -0.3 is 9.13 Å². The zero-order valence-electron chi connectivity index (χ0n) is 17.1. The Balaban J connectivity index is 1.60. The minimum atomic E-state index is 0.416. The average Bonchev–Trinajstić information content (AvgIpc) is 3.25. The Morgan fingerprint density at radius 3 is 1.46 bits per heavy atom. The molecule has 0 aliphatic rings. The zero-order chi connectivity index (χ0) is 19.8. The average molecular weight is 371 g/mol. The van der Waals surface area contributed by atoms with Crippen LogP contribution in [-0.4, -0.2) is 19.1 Å². The van der Waals surface area contributed by atoms with Gasteiger partial charge in [0, 0.05) is 20.0 Å². The monoisotopic (exact) mass is 370 g/mol. The van der Waals surface area contributed by atoms with Crippen molar-refractivity contribution in [3.8, 4) is 33.6 Å². The van der Waals surface area contributed by atoms with Crippen molar-refractivity contribution in [1.82, 2.24) is 19.1 Å². The molecule has 0 saturated heterocycles. The van der Waals surface area contributed by atoms with E-state index in [2.05, 4.69) is 88.5 Å². The largest absolute Gasteiger partial charge is 0.331 e. The Hall–Kier alpha value is -3.14. The molecule has 0 bridgehead atoms. The predicted molar refractivity (Wildman–Crippen MR) is 115 cm³/mol. The zero-order valence-corrected chi connectivity index (χ0v) is 17.1. The smallest absolute Gasteiger partial charge is 0.111 e. The molecule has 28 heavy (non-hydrogen) atoms.